The Balaban J connectivity index is 2.16. The predicted molar refractivity (Wildman–Crippen MR) is 71.8 cm³/mol. The maximum absolute atomic E-state index is 11.2. The minimum Gasteiger partial charge on any atom is -0.489 e. The molecule has 0 heterocycles. The Hall–Kier alpha value is -1.55. The van der Waals surface area contributed by atoms with Gasteiger partial charge in [0.05, 0.1) is 6.10 Å². The fourth-order valence-corrected chi connectivity index (χ4v) is 2.57. The van der Waals surface area contributed by atoms with Gasteiger partial charge >= 0.3 is 5.97 Å². The number of aromatic carboxylic acids is 1. The lowest BCUT2D eigenvalue weighted by atomic mass is 9.94. The number of carboxylic acid groups (broad SMARTS) is 1. The molecular formula is C15H20O4. The Labute approximate surface area is 113 Å². The lowest BCUT2D eigenvalue weighted by molar-refractivity contribution is 0.0202. The Bertz CT molecular complexity index is 455. The third kappa shape index (κ3) is 3.26. The van der Waals surface area contributed by atoms with E-state index in [2.05, 4.69) is 0 Å². The molecule has 2 rings (SSSR count). The molecule has 1 aliphatic rings. The number of benzene rings is 1. The second-order valence-electron chi connectivity index (χ2n) is 5.02. The highest BCUT2D eigenvalue weighted by Gasteiger charge is 2.25. The van der Waals surface area contributed by atoms with Crippen molar-refractivity contribution in [3.63, 3.8) is 0 Å². The van der Waals surface area contributed by atoms with Gasteiger partial charge < -0.3 is 14.6 Å². The van der Waals surface area contributed by atoms with Gasteiger partial charge in [-0.05, 0) is 37.8 Å². The zero-order valence-corrected chi connectivity index (χ0v) is 11.4. The van der Waals surface area contributed by atoms with E-state index in [0.29, 0.717) is 5.75 Å². The van der Waals surface area contributed by atoms with E-state index in [1.807, 2.05) is 13.0 Å². The van der Waals surface area contributed by atoms with Crippen molar-refractivity contribution in [2.24, 2.45) is 0 Å². The Kier molecular flexibility index (Phi) is 4.43. The minimum absolute atomic E-state index is 0.0397. The highest BCUT2D eigenvalue weighted by atomic mass is 16.5. The monoisotopic (exact) mass is 264 g/mol. The van der Waals surface area contributed by atoms with Crippen LogP contribution in [0, 0.1) is 6.92 Å². The Morgan fingerprint density at radius 3 is 2.74 bits per heavy atom. The number of methoxy groups -OCH3 is 1. The average molecular weight is 264 g/mol. The molecular weight excluding hydrogens is 244 g/mol. The van der Waals surface area contributed by atoms with E-state index < -0.39 is 5.97 Å². The van der Waals surface area contributed by atoms with Crippen molar-refractivity contribution in [3.05, 3.63) is 29.3 Å². The number of carboxylic acids is 1. The topological polar surface area (TPSA) is 55.8 Å². The first-order chi connectivity index (χ1) is 9.11. The molecule has 1 aromatic rings. The van der Waals surface area contributed by atoms with Gasteiger partial charge in [0.2, 0.25) is 0 Å². The van der Waals surface area contributed by atoms with Crippen LogP contribution in [0.5, 0.6) is 5.75 Å². The molecule has 0 amide bonds. The van der Waals surface area contributed by atoms with E-state index in [1.54, 1.807) is 19.2 Å². The van der Waals surface area contributed by atoms with Crippen LogP contribution in [0.3, 0.4) is 0 Å². The maximum atomic E-state index is 11.2. The van der Waals surface area contributed by atoms with E-state index in [4.69, 9.17) is 9.47 Å². The first kappa shape index (κ1) is 13.9. The molecule has 4 heteroatoms. The van der Waals surface area contributed by atoms with Gasteiger partial charge in [-0.25, -0.2) is 4.79 Å². The zero-order chi connectivity index (χ0) is 13.8. The van der Waals surface area contributed by atoms with Crippen molar-refractivity contribution in [1.29, 1.82) is 0 Å². The third-order valence-corrected chi connectivity index (χ3v) is 3.64. The maximum Gasteiger partial charge on any atom is 0.339 e. The Morgan fingerprint density at radius 1 is 1.32 bits per heavy atom. The molecule has 0 aromatic heterocycles. The smallest absolute Gasteiger partial charge is 0.339 e. The molecule has 2 unspecified atom stereocenters. The molecule has 1 aromatic carbocycles. The van der Waals surface area contributed by atoms with Crippen LogP contribution in [0.1, 0.15) is 41.6 Å². The number of rotatable bonds is 4. The highest BCUT2D eigenvalue weighted by Crippen LogP contribution is 2.29. The standard InChI is InChI=1S/C15H20O4/c1-10-5-3-8-13(15(16)17)14(10)19-12-7-4-6-11(9-12)18-2/h3,5,8,11-12H,4,6-7,9H2,1-2H3,(H,16,17). The molecule has 104 valence electrons. The van der Waals surface area contributed by atoms with Crippen molar-refractivity contribution < 1.29 is 19.4 Å². The van der Waals surface area contributed by atoms with Gasteiger partial charge in [0.25, 0.3) is 0 Å². The number of para-hydroxylation sites is 1. The summed E-state index contributed by atoms with van der Waals surface area (Å²) in [7, 11) is 1.71. The molecule has 1 aliphatic carbocycles. The second-order valence-corrected chi connectivity index (χ2v) is 5.02. The highest BCUT2D eigenvalue weighted by molar-refractivity contribution is 5.91. The number of hydrogen-bond acceptors (Lipinski definition) is 3. The predicted octanol–water partition coefficient (Wildman–Crippen LogP) is 3.03. The molecule has 2 atom stereocenters. The largest absolute Gasteiger partial charge is 0.489 e. The average Bonchev–Trinajstić information content (AvgIpc) is 2.41. The van der Waals surface area contributed by atoms with Crippen molar-refractivity contribution in [2.75, 3.05) is 7.11 Å². The van der Waals surface area contributed by atoms with Crippen LogP contribution in [0.25, 0.3) is 0 Å². The molecule has 1 N–H and O–H groups in total. The fourth-order valence-electron chi connectivity index (χ4n) is 2.57. The van der Waals surface area contributed by atoms with Gasteiger partial charge in [-0.15, -0.1) is 0 Å². The van der Waals surface area contributed by atoms with Crippen LogP contribution in [0.4, 0.5) is 0 Å². The van der Waals surface area contributed by atoms with Crippen LogP contribution in [0.2, 0.25) is 0 Å². The molecule has 1 saturated carbocycles. The summed E-state index contributed by atoms with van der Waals surface area (Å²) >= 11 is 0. The van der Waals surface area contributed by atoms with Gasteiger partial charge in [0.15, 0.2) is 0 Å². The van der Waals surface area contributed by atoms with E-state index in [1.165, 1.54) is 0 Å². The second kappa shape index (κ2) is 6.06. The SMILES string of the molecule is COC1CCCC(Oc2c(C)cccc2C(=O)O)C1. The molecule has 4 nitrogen and oxygen atoms in total. The summed E-state index contributed by atoms with van der Waals surface area (Å²) < 4.78 is 11.3. The lowest BCUT2D eigenvalue weighted by Crippen LogP contribution is -2.30. The van der Waals surface area contributed by atoms with Crippen molar-refractivity contribution in [1.82, 2.24) is 0 Å². The van der Waals surface area contributed by atoms with Crippen molar-refractivity contribution in [3.8, 4) is 5.75 Å². The van der Waals surface area contributed by atoms with E-state index >= 15 is 0 Å². The summed E-state index contributed by atoms with van der Waals surface area (Å²) in [4.78, 5) is 11.2. The van der Waals surface area contributed by atoms with Gasteiger partial charge in [0.1, 0.15) is 17.4 Å². The summed E-state index contributed by atoms with van der Waals surface area (Å²) in [5.74, 6) is -0.449. The summed E-state index contributed by atoms with van der Waals surface area (Å²) in [6, 6.07) is 5.20. The molecule has 1 fully saturated rings. The lowest BCUT2D eigenvalue weighted by Gasteiger charge is -2.29. The summed E-state index contributed by atoms with van der Waals surface area (Å²) in [6.45, 7) is 1.87. The van der Waals surface area contributed by atoms with Crippen molar-refractivity contribution in [2.45, 2.75) is 44.8 Å². The van der Waals surface area contributed by atoms with Crippen LogP contribution in [0.15, 0.2) is 18.2 Å². The van der Waals surface area contributed by atoms with Crippen LogP contribution in [-0.4, -0.2) is 30.4 Å². The van der Waals surface area contributed by atoms with E-state index in [0.717, 1.165) is 31.2 Å². The number of aryl methyl sites for hydroxylation is 1. The van der Waals surface area contributed by atoms with Gasteiger partial charge in [0, 0.05) is 13.5 Å². The Morgan fingerprint density at radius 2 is 2.05 bits per heavy atom. The first-order valence-corrected chi connectivity index (χ1v) is 6.64. The van der Waals surface area contributed by atoms with Crippen LogP contribution >= 0.6 is 0 Å². The van der Waals surface area contributed by atoms with Crippen molar-refractivity contribution >= 4 is 5.97 Å². The van der Waals surface area contributed by atoms with E-state index in [-0.39, 0.29) is 17.8 Å². The summed E-state index contributed by atoms with van der Waals surface area (Å²) in [6.07, 6.45) is 4.14. The normalized spacial score (nSPS) is 23.1. The van der Waals surface area contributed by atoms with Gasteiger partial charge in [-0.1, -0.05) is 12.1 Å². The fraction of sp³-hybridized carbons (Fsp3) is 0.533. The number of hydrogen-bond donors (Lipinski definition) is 1. The van der Waals surface area contributed by atoms with E-state index in [9.17, 15) is 9.90 Å². The summed E-state index contributed by atoms with van der Waals surface area (Å²) in [5.41, 5.74) is 1.10. The zero-order valence-electron chi connectivity index (χ0n) is 11.4. The third-order valence-electron chi connectivity index (χ3n) is 3.64. The molecule has 0 saturated heterocycles. The van der Waals surface area contributed by atoms with Gasteiger partial charge in [-0.3, -0.25) is 0 Å². The number of carbonyl (C=O) groups is 1. The summed E-state index contributed by atoms with van der Waals surface area (Å²) in [5, 5.41) is 9.21. The van der Waals surface area contributed by atoms with Crippen LogP contribution < -0.4 is 4.74 Å². The minimum atomic E-state index is -0.946. The first-order valence-electron chi connectivity index (χ1n) is 6.64. The van der Waals surface area contributed by atoms with Crippen LogP contribution in [-0.2, 0) is 4.74 Å². The molecule has 19 heavy (non-hydrogen) atoms. The quantitative estimate of drug-likeness (QED) is 0.908. The number of ether oxygens (including phenoxy) is 2. The molecule has 0 bridgehead atoms. The van der Waals surface area contributed by atoms with Gasteiger partial charge in [-0.2, -0.15) is 0 Å². The molecule has 0 spiro atoms. The molecule has 0 aliphatic heterocycles. The molecule has 0 radical (unpaired) electrons.